The first-order valence-corrected chi connectivity index (χ1v) is 9.04. The van der Waals surface area contributed by atoms with Gasteiger partial charge in [-0.1, -0.05) is 30.3 Å². The quantitative estimate of drug-likeness (QED) is 0.860. The number of benzene rings is 2. The molecule has 0 spiro atoms. The van der Waals surface area contributed by atoms with Crippen molar-refractivity contribution in [2.24, 2.45) is 0 Å². The van der Waals surface area contributed by atoms with Gasteiger partial charge in [-0.2, -0.15) is 0 Å². The lowest BCUT2D eigenvalue weighted by atomic mass is 9.86. The summed E-state index contributed by atoms with van der Waals surface area (Å²) in [5.41, 5.74) is 5.61. The maximum absolute atomic E-state index is 9.33. The van der Waals surface area contributed by atoms with Crippen LogP contribution in [0.25, 0.3) is 0 Å². The second-order valence-corrected chi connectivity index (χ2v) is 7.31. The number of hydrogen-bond acceptors (Lipinski definition) is 3. The van der Waals surface area contributed by atoms with E-state index in [9.17, 15) is 5.11 Å². The van der Waals surface area contributed by atoms with Gasteiger partial charge in [-0.05, 0) is 62.8 Å². The molecule has 1 N–H and O–H groups in total. The number of hydrogen-bond donors (Lipinski definition) is 1. The van der Waals surface area contributed by atoms with E-state index in [1.807, 2.05) is 18.2 Å². The van der Waals surface area contributed by atoms with E-state index in [2.05, 4.69) is 39.8 Å². The van der Waals surface area contributed by atoms with Crippen LogP contribution in [0.15, 0.2) is 30.3 Å². The molecule has 0 bridgehead atoms. The Morgan fingerprint density at radius 3 is 2.48 bits per heavy atom. The molecule has 3 nitrogen and oxygen atoms in total. The van der Waals surface area contributed by atoms with Gasteiger partial charge in [-0.15, -0.1) is 0 Å². The summed E-state index contributed by atoms with van der Waals surface area (Å²) in [6, 6.07) is 10.3. The van der Waals surface area contributed by atoms with Gasteiger partial charge in [0.05, 0.1) is 0 Å². The maximum Gasteiger partial charge on any atom is 0.127 e. The predicted octanol–water partition coefficient (Wildman–Crippen LogP) is 4.66. The van der Waals surface area contributed by atoms with Crippen molar-refractivity contribution < 1.29 is 14.6 Å². The number of fused-ring (bicyclic) bond motifs is 1. The molecule has 3 heteroatoms. The third-order valence-corrected chi connectivity index (χ3v) is 5.43. The monoisotopic (exact) mass is 340 g/mol. The van der Waals surface area contributed by atoms with Gasteiger partial charge in [0.1, 0.15) is 23.7 Å². The molecule has 3 rings (SSSR count). The average Bonchev–Trinajstić information content (AvgIpc) is 2.60. The van der Waals surface area contributed by atoms with Crippen LogP contribution in [-0.4, -0.2) is 17.3 Å². The van der Waals surface area contributed by atoms with E-state index in [0.29, 0.717) is 13.0 Å². The smallest absolute Gasteiger partial charge is 0.127 e. The van der Waals surface area contributed by atoms with E-state index in [1.165, 1.54) is 16.7 Å². The lowest BCUT2D eigenvalue weighted by Gasteiger charge is -2.38. The van der Waals surface area contributed by atoms with Crippen LogP contribution in [-0.2, 0) is 13.0 Å². The highest BCUT2D eigenvalue weighted by atomic mass is 16.5. The van der Waals surface area contributed by atoms with Crippen LogP contribution < -0.4 is 9.47 Å². The summed E-state index contributed by atoms with van der Waals surface area (Å²) >= 11 is 0. The van der Waals surface area contributed by atoms with E-state index in [4.69, 9.17) is 9.47 Å². The summed E-state index contributed by atoms with van der Waals surface area (Å²) in [6.07, 6.45) is 2.54. The van der Waals surface area contributed by atoms with Crippen molar-refractivity contribution in [2.45, 2.75) is 59.2 Å². The molecule has 0 saturated carbocycles. The van der Waals surface area contributed by atoms with E-state index in [-0.39, 0.29) is 12.2 Å². The first kappa shape index (κ1) is 17.8. The average molecular weight is 340 g/mol. The van der Waals surface area contributed by atoms with Crippen molar-refractivity contribution in [2.75, 3.05) is 6.61 Å². The highest BCUT2D eigenvalue weighted by Crippen LogP contribution is 2.44. The van der Waals surface area contributed by atoms with Gasteiger partial charge in [-0.25, -0.2) is 0 Å². The molecule has 1 atom stereocenters. The molecule has 2 aromatic carbocycles. The summed E-state index contributed by atoms with van der Waals surface area (Å²) in [5, 5.41) is 9.33. The Kier molecular flexibility index (Phi) is 5.05. The van der Waals surface area contributed by atoms with E-state index < -0.39 is 0 Å². The second-order valence-electron chi connectivity index (χ2n) is 7.31. The lowest BCUT2D eigenvalue weighted by molar-refractivity contribution is 0.0377. The van der Waals surface area contributed by atoms with E-state index in [1.54, 1.807) is 0 Å². The predicted molar refractivity (Wildman–Crippen MR) is 100 cm³/mol. The Bertz CT molecular complexity index is 752. The van der Waals surface area contributed by atoms with Gasteiger partial charge >= 0.3 is 0 Å². The summed E-state index contributed by atoms with van der Waals surface area (Å²) < 4.78 is 12.6. The molecule has 1 aliphatic rings. The minimum atomic E-state index is -0.280. The molecule has 2 aromatic rings. The fourth-order valence-electron chi connectivity index (χ4n) is 3.64. The number of ether oxygens (including phenoxy) is 2. The van der Waals surface area contributed by atoms with Crippen LogP contribution in [0.4, 0.5) is 0 Å². The molecule has 0 aromatic heterocycles. The van der Waals surface area contributed by atoms with Gasteiger partial charge in [-0.3, -0.25) is 0 Å². The van der Waals surface area contributed by atoms with Crippen molar-refractivity contribution in [3.63, 3.8) is 0 Å². The molecule has 1 aliphatic heterocycles. The zero-order chi connectivity index (χ0) is 18.0. The molecule has 0 radical (unpaired) electrons. The SMILES string of the molecule is Cc1c(C)c2c(c(C)c1OCc1ccccc1)CC[C@](C)(CCO)O2. The van der Waals surface area contributed by atoms with Gasteiger partial charge < -0.3 is 14.6 Å². The van der Waals surface area contributed by atoms with Crippen LogP contribution in [0.1, 0.15) is 47.6 Å². The van der Waals surface area contributed by atoms with Crippen molar-refractivity contribution >= 4 is 0 Å². The van der Waals surface area contributed by atoms with Gasteiger partial charge in [0.15, 0.2) is 0 Å². The van der Waals surface area contributed by atoms with Crippen LogP contribution in [0.2, 0.25) is 0 Å². The summed E-state index contributed by atoms with van der Waals surface area (Å²) in [4.78, 5) is 0. The van der Waals surface area contributed by atoms with E-state index in [0.717, 1.165) is 35.5 Å². The van der Waals surface area contributed by atoms with Crippen molar-refractivity contribution in [1.82, 2.24) is 0 Å². The maximum atomic E-state index is 9.33. The van der Waals surface area contributed by atoms with Crippen molar-refractivity contribution in [1.29, 1.82) is 0 Å². The normalized spacial score (nSPS) is 19.2. The third kappa shape index (κ3) is 3.52. The first-order valence-electron chi connectivity index (χ1n) is 9.04. The molecule has 1 heterocycles. The lowest BCUT2D eigenvalue weighted by Crippen LogP contribution is -2.38. The molecule has 0 saturated heterocycles. The number of aliphatic hydroxyl groups is 1. The van der Waals surface area contributed by atoms with Crippen LogP contribution in [0, 0.1) is 20.8 Å². The molecule has 0 aliphatic carbocycles. The van der Waals surface area contributed by atoms with Gasteiger partial charge in [0.25, 0.3) is 0 Å². The number of aliphatic hydroxyl groups excluding tert-OH is 1. The third-order valence-electron chi connectivity index (χ3n) is 5.43. The van der Waals surface area contributed by atoms with Gasteiger partial charge in [0, 0.05) is 18.6 Å². The summed E-state index contributed by atoms with van der Waals surface area (Å²) in [6.45, 7) is 9.16. The summed E-state index contributed by atoms with van der Waals surface area (Å²) in [5.74, 6) is 1.97. The molecule has 134 valence electrons. The zero-order valence-electron chi connectivity index (χ0n) is 15.7. The minimum Gasteiger partial charge on any atom is -0.488 e. The van der Waals surface area contributed by atoms with Crippen molar-refractivity contribution in [3.05, 3.63) is 58.1 Å². The number of rotatable bonds is 5. The Hall–Kier alpha value is -2.00. The topological polar surface area (TPSA) is 38.7 Å². The van der Waals surface area contributed by atoms with Crippen LogP contribution in [0.5, 0.6) is 11.5 Å². The van der Waals surface area contributed by atoms with Crippen LogP contribution >= 0.6 is 0 Å². The standard InChI is InChI=1S/C22H28O3/c1-15-16(2)21-19(10-11-22(4,25-21)12-13-23)17(3)20(15)24-14-18-8-6-5-7-9-18/h5-9,23H,10-14H2,1-4H3/t22-/m1/s1. The Morgan fingerprint density at radius 1 is 1.08 bits per heavy atom. The Morgan fingerprint density at radius 2 is 1.80 bits per heavy atom. The molecule has 0 unspecified atom stereocenters. The molecule has 0 amide bonds. The molecule has 25 heavy (non-hydrogen) atoms. The zero-order valence-corrected chi connectivity index (χ0v) is 15.7. The Labute approximate surface area is 150 Å². The van der Waals surface area contributed by atoms with Gasteiger partial charge in [0.2, 0.25) is 0 Å². The largest absolute Gasteiger partial charge is 0.488 e. The molecular weight excluding hydrogens is 312 g/mol. The van der Waals surface area contributed by atoms with Crippen LogP contribution in [0.3, 0.4) is 0 Å². The molecular formula is C22H28O3. The first-order chi connectivity index (χ1) is 11.9. The highest BCUT2D eigenvalue weighted by molar-refractivity contribution is 5.59. The minimum absolute atomic E-state index is 0.154. The second kappa shape index (κ2) is 7.09. The molecule has 0 fully saturated rings. The fraction of sp³-hybridized carbons (Fsp3) is 0.455. The fourth-order valence-corrected chi connectivity index (χ4v) is 3.64. The highest BCUT2D eigenvalue weighted by Gasteiger charge is 2.34. The Balaban J connectivity index is 1.91. The summed E-state index contributed by atoms with van der Waals surface area (Å²) in [7, 11) is 0. The van der Waals surface area contributed by atoms with Crippen molar-refractivity contribution in [3.8, 4) is 11.5 Å². The van der Waals surface area contributed by atoms with E-state index >= 15 is 0 Å².